The lowest BCUT2D eigenvalue weighted by Gasteiger charge is -2.30. The van der Waals surface area contributed by atoms with E-state index in [0.29, 0.717) is 21.9 Å². The maximum atomic E-state index is 13.9. The number of halogens is 3. The summed E-state index contributed by atoms with van der Waals surface area (Å²) in [6.45, 7) is 0. The van der Waals surface area contributed by atoms with Crippen LogP contribution in [0.3, 0.4) is 0 Å². The van der Waals surface area contributed by atoms with E-state index >= 15 is 0 Å². The molecule has 0 aromatic heterocycles. The number of aliphatic hydroxyl groups excluding tert-OH is 1. The van der Waals surface area contributed by atoms with Crippen molar-refractivity contribution in [3.05, 3.63) is 62.8 Å². The molecule has 5 heteroatoms. The molecule has 20 heavy (non-hydrogen) atoms. The van der Waals surface area contributed by atoms with E-state index in [9.17, 15) is 9.50 Å². The van der Waals surface area contributed by atoms with Crippen LogP contribution in [0.4, 0.5) is 4.39 Å². The van der Waals surface area contributed by atoms with Crippen LogP contribution in [0, 0.1) is 5.82 Å². The van der Waals surface area contributed by atoms with E-state index in [1.807, 2.05) is 6.07 Å². The van der Waals surface area contributed by atoms with Crippen molar-refractivity contribution in [2.24, 2.45) is 0 Å². The highest BCUT2D eigenvalue weighted by Crippen LogP contribution is 2.43. The van der Waals surface area contributed by atoms with E-state index < -0.39 is 18.0 Å². The van der Waals surface area contributed by atoms with Gasteiger partial charge in [-0.25, -0.2) is 4.39 Å². The summed E-state index contributed by atoms with van der Waals surface area (Å²) in [7, 11) is 0. The summed E-state index contributed by atoms with van der Waals surface area (Å²) < 4.78 is 20.6. The minimum atomic E-state index is -0.711. The molecular formula is C15H11BrClFO2. The van der Waals surface area contributed by atoms with Gasteiger partial charge in [0, 0.05) is 22.0 Å². The van der Waals surface area contributed by atoms with Crippen LogP contribution < -0.4 is 4.74 Å². The molecule has 1 aliphatic heterocycles. The van der Waals surface area contributed by atoms with E-state index in [4.69, 9.17) is 16.3 Å². The summed E-state index contributed by atoms with van der Waals surface area (Å²) in [6, 6.07) is 9.88. The maximum Gasteiger partial charge on any atom is 0.131 e. The fraction of sp³-hybridized carbons (Fsp3) is 0.200. The molecule has 2 aromatic rings. The smallest absolute Gasteiger partial charge is 0.131 e. The highest BCUT2D eigenvalue weighted by Gasteiger charge is 2.31. The molecule has 0 aliphatic carbocycles. The molecular weight excluding hydrogens is 347 g/mol. The van der Waals surface area contributed by atoms with Crippen LogP contribution in [0.2, 0.25) is 5.02 Å². The molecule has 0 fully saturated rings. The van der Waals surface area contributed by atoms with E-state index in [-0.39, 0.29) is 6.42 Å². The topological polar surface area (TPSA) is 29.5 Å². The van der Waals surface area contributed by atoms with E-state index in [2.05, 4.69) is 15.9 Å². The molecule has 3 rings (SSSR count). The Kier molecular flexibility index (Phi) is 3.71. The van der Waals surface area contributed by atoms with Gasteiger partial charge in [-0.15, -0.1) is 0 Å². The first-order chi connectivity index (χ1) is 9.56. The predicted octanol–water partition coefficient (Wildman–Crippen LogP) is 4.80. The highest BCUT2D eigenvalue weighted by atomic mass is 79.9. The Balaban J connectivity index is 2.01. The Bertz CT molecular complexity index is 642. The molecule has 1 N–H and O–H groups in total. The highest BCUT2D eigenvalue weighted by molar-refractivity contribution is 9.10. The monoisotopic (exact) mass is 356 g/mol. The van der Waals surface area contributed by atoms with Crippen molar-refractivity contribution in [3.8, 4) is 5.75 Å². The first-order valence-corrected chi connectivity index (χ1v) is 7.31. The molecule has 2 aromatic carbocycles. The molecule has 1 heterocycles. The Hall–Kier alpha value is -1.10. The third-order valence-electron chi connectivity index (χ3n) is 3.36. The second-order valence-electron chi connectivity index (χ2n) is 4.68. The van der Waals surface area contributed by atoms with Gasteiger partial charge in [0.1, 0.15) is 17.7 Å². The molecule has 0 bridgehead atoms. The second-order valence-corrected chi connectivity index (χ2v) is 6.00. The van der Waals surface area contributed by atoms with Crippen LogP contribution in [-0.2, 0) is 0 Å². The molecule has 0 saturated carbocycles. The maximum absolute atomic E-state index is 13.9. The molecule has 0 radical (unpaired) electrons. The molecule has 1 unspecified atom stereocenters. The first kappa shape index (κ1) is 13.9. The number of rotatable bonds is 1. The molecule has 0 saturated heterocycles. The number of benzene rings is 2. The van der Waals surface area contributed by atoms with Crippen LogP contribution in [0.25, 0.3) is 0 Å². The van der Waals surface area contributed by atoms with Crippen molar-refractivity contribution >= 4 is 27.5 Å². The Labute approximate surface area is 129 Å². The van der Waals surface area contributed by atoms with Crippen LogP contribution >= 0.6 is 27.5 Å². The zero-order chi connectivity index (χ0) is 14.3. The van der Waals surface area contributed by atoms with E-state index in [1.165, 1.54) is 6.07 Å². The number of hydrogen-bond acceptors (Lipinski definition) is 2. The van der Waals surface area contributed by atoms with Gasteiger partial charge in [0.15, 0.2) is 0 Å². The fourth-order valence-electron chi connectivity index (χ4n) is 2.41. The van der Waals surface area contributed by atoms with Crippen LogP contribution in [0.15, 0.2) is 40.9 Å². The van der Waals surface area contributed by atoms with Gasteiger partial charge in [-0.05, 0) is 30.3 Å². The van der Waals surface area contributed by atoms with Crippen LogP contribution in [-0.4, -0.2) is 5.11 Å². The zero-order valence-corrected chi connectivity index (χ0v) is 12.7. The minimum absolute atomic E-state index is 0.268. The van der Waals surface area contributed by atoms with Crippen molar-refractivity contribution in [2.75, 3.05) is 0 Å². The van der Waals surface area contributed by atoms with Crippen LogP contribution in [0.5, 0.6) is 5.75 Å². The average Bonchev–Trinajstić information content (AvgIpc) is 2.39. The van der Waals surface area contributed by atoms with Gasteiger partial charge in [0.25, 0.3) is 0 Å². The summed E-state index contributed by atoms with van der Waals surface area (Å²) in [4.78, 5) is 0. The largest absolute Gasteiger partial charge is 0.485 e. The van der Waals surface area contributed by atoms with E-state index in [0.717, 1.165) is 4.47 Å². The van der Waals surface area contributed by atoms with Gasteiger partial charge in [-0.2, -0.15) is 0 Å². The number of fused-ring (bicyclic) bond motifs is 1. The van der Waals surface area contributed by atoms with Gasteiger partial charge in [0.2, 0.25) is 0 Å². The lowest BCUT2D eigenvalue weighted by atomic mass is 9.95. The SMILES string of the molecule is O[C@H]1CC(c2c(F)cccc2Cl)Oc2ccc(Br)cc21. The Morgan fingerprint density at radius 1 is 1.30 bits per heavy atom. The third kappa shape index (κ3) is 2.43. The Morgan fingerprint density at radius 3 is 2.85 bits per heavy atom. The molecule has 104 valence electrons. The van der Waals surface area contributed by atoms with Crippen LogP contribution in [0.1, 0.15) is 29.8 Å². The number of hydrogen-bond donors (Lipinski definition) is 1. The van der Waals surface area contributed by atoms with Gasteiger partial charge >= 0.3 is 0 Å². The normalized spacial score (nSPS) is 21.2. The number of ether oxygens (including phenoxy) is 1. The fourth-order valence-corrected chi connectivity index (χ4v) is 3.08. The summed E-state index contributed by atoms with van der Waals surface area (Å²) in [6.07, 6.45) is -1.03. The quantitative estimate of drug-likeness (QED) is 0.794. The van der Waals surface area contributed by atoms with Crippen molar-refractivity contribution < 1.29 is 14.2 Å². The lowest BCUT2D eigenvalue weighted by molar-refractivity contribution is 0.0640. The Morgan fingerprint density at radius 2 is 2.10 bits per heavy atom. The van der Waals surface area contributed by atoms with Crippen molar-refractivity contribution in [1.29, 1.82) is 0 Å². The molecule has 0 amide bonds. The molecule has 0 spiro atoms. The summed E-state index contributed by atoms with van der Waals surface area (Å²) in [5, 5.41) is 10.5. The van der Waals surface area contributed by atoms with Gasteiger partial charge in [-0.3, -0.25) is 0 Å². The van der Waals surface area contributed by atoms with Gasteiger partial charge in [-0.1, -0.05) is 33.6 Å². The van der Waals surface area contributed by atoms with Crippen molar-refractivity contribution in [3.63, 3.8) is 0 Å². The van der Waals surface area contributed by atoms with Gasteiger partial charge < -0.3 is 9.84 Å². The summed E-state index contributed by atoms with van der Waals surface area (Å²) in [5.74, 6) is 0.131. The van der Waals surface area contributed by atoms with Crippen molar-refractivity contribution in [1.82, 2.24) is 0 Å². The lowest BCUT2D eigenvalue weighted by Crippen LogP contribution is -2.20. The zero-order valence-electron chi connectivity index (χ0n) is 10.3. The molecule has 2 atom stereocenters. The first-order valence-electron chi connectivity index (χ1n) is 6.14. The minimum Gasteiger partial charge on any atom is -0.485 e. The predicted molar refractivity (Wildman–Crippen MR) is 78.5 cm³/mol. The third-order valence-corrected chi connectivity index (χ3v) is 4.18. The average molecular weight is 358 g/mol. The molecule has 2 nitrogen and oxygen atoms in total. The second kappa shape index (κ2) is 5.35. The van der Waals surface area contributed by atoms with Gasteiger partial charge in [0.05, 0.1) is 11.1 Å². The van der Waals surface area contributed by atoms with E-state index in [1.54, 1.807) is 24.3 Å². The summed E-state index contributed by atoms with van der Waals surface area (Å²) in [5.41, 5.74) is 0.991. The summed E-state index contributed by atoms with van der Waals surface area (Å²) >= 11 is 9.41. The number of aliphatic hydroxyl groups is 1. The standard InChI is InChI=1S/C15H11BrClFO2/c16-8-4-5-13-9(6-8)12(19)7-14(20-13)15-10(17)2-1-3-11(15)18/h1-6,12,14,19H,7H2/t12-,14?/m0/s1. The molecule has 1 aliphatic rings. The van der Waals surface area contributed by atoms with Crippen molar-refractivity contribution in [2.45, 2.75) is 18.6 Å².